The lowest BCUT2D eigenvalue weighted by Gasteiger charge is -2.21. The van der Waals surface area contributed by atoms with Crippen molar-refractivity contribution < 1.29 is 0 Å². The lowest BCUT2D eigenvalue weighted by Crippen LogP contribution is -2.22. The summed E-state index contributed by atoms with van der Waals surface area (Å²) in [5.74, 6) is 0. The number of nitrogens with one attached hydrogen (secondary N) is 1. The highest BCUT2D eigenvalue weighted by Crippen LogP contribution is 2.23. The molecule has 1 aromatic rings. The van der Waals surface area contributed by atoms with E-state index in [4.69, 9.17) is 0 Å². The molecule has 0 spiro atoms. The van der Waals surface area contributed by atoms with E-state index in [2.05, 4.69) is 62.1 Å². The average molecular weight is 260 g/mol. The van der Waals surface area contributed by atoms with Gasteiger partial charge in [0.2, 0.25) is 0 Å². The summed E-state index contributed by atoms with van der Waals surface area (Å²) < 4.78 is 0. The first kappa shape index (κ1) is 15.8. The maximum atomic E-state index is 3.80. The fraction of sp³-hybridized carbons (Fsp3) is 0.529. The predicted molar refractivity (Wildman–Crippen MR) is 85.9 cm³/mol. The van der Waals surface area contributed by atoms with Crippen molar-refractivity contribution in [3.05, 3.63) is 42.5 Å². The van der Waals surface area contributed by atoms with Crippen LogP contribution in [0.2, 0.25) is 0 Å². The molecule has 1 unspecified atom stereocenters. The van der Waals surface area contributed by atoms with Gasteiger partial charge in [0.05, 0.1) is 0 Å². The Bertz CT molecular complexity index is 371. The van der Waals surface area contributed by atoms with Crippen LogP contribution >= 0.6 is 0 Å². The molecule has 1 N–H and O–H groups in total. The van der Waals surface area contributed by atoms with E-state index in [0.717, 1.165) is 13.0 Å². The zero-order valence-electron chi connectivity index (χ0n) is 12.7. The summed E-state index contributed by atoms with van der Waals surface area (Å²) in [4.78, 5) is 2.16. The molecule has 0 aliphatic heterocycles. The third kappa shape index (κ3) is 5.48. The number of hydrogen-bond acceptors (Lipinski definition) is 2. The molecule has 0 aliphatic rings. The van der Waals surface area contributed by atoms with E-state index in [1.807, 2.05) is 6.08 Å². The summed E-state index contributed by atoms with van der Waals surface area (Å²) in [6, 6.07) is 9.29. The van der Waals surface area contributed by atoms with Crippen LogP contribution in [0.25, 0.3) is 0 Å². The molecule has 0 saturated heterocycles. The molecule has 0 amide bonds. The van der Waals surface area contributed by atoms with Crippen LogP contribution in [0.1, 0.15) is 44.2 Å². The normalized spacial score (nSPS) is 12.2. The zero-order valence-corrected chi connectivity index (χ0v) is 12.7. The van der Waals surface area contributed by atoms with E-state index in [-0.39, 0.29) is 0 Å². The SMILES string of the molecule is C=CCCCC(NCCC)c1cccc(N(C)C)c1. The van der Waals surface area contributed by atoms with Crippen LogP contribution < -0.4 is 10.2 Å². The van der Waals surface area contributed by atoms with E-state index in [0.29, 0.717) is 6.04 Å². The van der Waals surface area contributed by atoms with Gasteiger partial charge in [0, 0.05) is 25.8 Å². The molecule has 0 fully saturated rings. The number of allylic oxidation sites excluding steroid dienone is 1. The van der Waals surface area contributed by atoms with Crippen molar-refractivity contribution in [2.75, 3.05) is 25.5 Å². The van der Waals surface area contributed by atoms with Crippen molar-refractivity contribution in [1.82, 2.24) is 5.32 Å². The minimum absolute atomic E-state index is 0.458. The van der Waals surface area contributed by atoms with Crippen LogP contribution in [0.3, 0.4) is 0 Å². The Morgan fingerprint density at radius 3 is 2.79 bits per heavy atom. The molecule has 1 aromatic carbocycles. The summed E-state index contributed by atoms with van der Waals surface area (Å²) in [5.41, 5.74) is 2.66. The van der Waals surface area contributed by atoms with Crippen LogP contribution in [-0.4, -0.2) is 20.6 Å². The van der Waals surface area contributed by atoms with E-state index in [9.17, 15) is 0 Å². The van der Waals surface area contributed by atoms with Crippen LogP contribution in [-0.2, 0) is 0 Å². The number of benzene rings is 1. The number of hydrogen-bond donors (Lipinski definition) is 1. The molecule has 1 rings (SSSR count). The largest absolute Gasteiger partial charge is 0.378 e. The number of unbranched alkanes of at least 4 members (excludes halogenated alkanes) is 1. The van der Waals surface area contributed by atoms with Crippen LogP contribution in [0, 0.1) is 0 Å². The van der Waals surface area contributed by atoms with Gasteiger partial charge in [0.1, 0.15) is 0 Å². The van der Waals surface area contributed by atoms with Gasteiger partial charge in [-0.05, 0) is 49.9 Å². The predicted octanol–water partition coefficient (Wildman–Crippen LogP) is 4.15. The third-order valence-corrected chi connectivity index (χ3v) is 3.33. The van der Waals surface area contributed by atoms with E-state index < -0.39 is 0 Å². The zero-order chi connectivity index (χ0) is 14.1. The molecular weight excluding hydrogens is 232 g/mol. The quantitative estimate of drug-likeness (QED) is 0.530. The van der Waals surface area contributed by atoms with E-state index in [1.54, 1.807) is 0 Å². The Labute approximate surface area is 118 Å². The Morgan fingerprint density at radius 2 is 2.16 bits per heavy atom. The second-order valence-corrected chi connectivity index (χ2v) is 5.22. The van der Waals surface area contributed by atoms with Gasteiger partial charge in [-0.15, -0.1) is 6.58 Å². The van der Waals surface area contributed by atoms with Gasteiger partial charge >= 0.3 is 0 Å². The lowest BCUT2D eigenvalue weighted by atomic mass is 10.00. The maximum absolute atomic E-state index is 3.80. The molecule has 106 valence electrons. The van der Waals surface area contributed by atoms with Gasteiger partial charge in [-0.1, -0.05) is 25.1 Å². The fourth-order valence-corrected chi connectivity index (χ4v) is 2.19. The summed E-state index contributed by atoms with van der Waals surface area (Å²) >= 11 is 0. The van der Waals surface area contributed by atoms with Crippen molar-refractivity contribution in [2.24, 2.45) is 0 Å². The number of rotatable bonds is 9. The van der Waals surface area contributed by atoms with Gasteiger partial charge in [-0.25, -0.2) is 0 Å². The molecule has 1 atom stereocenters. The second-order valence-electron chi connectivity index (χ2n) is 5.22. The first-order valence-corrected chi connectivity index (χ1v) is 7.30. The molecule has 0 aromatic heterocycles. The molecule has 0 radical (unpaired) electrons. The van der Waals surface area contributed by atoms with Gasteiger partial charge in [-0.2, -0.15) is 0 Å². The lowest BCUT2D eigenvalue weighted by molar-refractivity contribution is 0.486. The van der Waals surface area contributed by atoms with Crippen molar-refractivity contribution in [1.29, 1.82) is 0 Å². The Balaban J connectivity index is 2.76. The van der Waals surface area contributed by atoms with Crippen molar-refractivity contribution in [3.8, 4) is 0 Å². The van der Waals surface area contributed by atoms with Gasteiger partial charge in [0.15, 0.2) is 0 Å². The highest BCUT2D eigenvalue weighted by atomic mass is 15.1. The molecule has 0 aliphatic carbocycles. The Morgan fingerprint density at radius 1 is 1.37 bits per heavy atom. The first-order chi connectivity index (χ1) is 9.19. The van der Waals surface area contributed by atoms with Crippen LogP contribution in [0.5, 0.6) is 0 Å². The van der Waals surface area contributed by atoms with Gasteiger partial charge < -0.3 is 10.2 Å². The molecular formula is C17H28N2. The average Bonchev–Trinajstić information content (AvgIpc) is 2.43. The second kappa shape index (κ2) is 8.76. The highest BCUT2D eigenvalue weighted by Gasteiger charge is 2.10. The molecule has 0 saturated carbocycles. The highest BCUT2D eigenvalue weighted by molar-refractivity contribution is 5.47. The third-order valence-electron chi connectivity index (χ3n) is 3.33. The standard InChI is InChI=1S/C17H28N2/c1-5-7-8-12-17(18-13-6-2)15-10-9-11-16(14-15)19(3)4/h5,9-11,14,17-18H,1,6-8,12-13H2,2-4H3. The smallest absolute Gasteiger partial charge is 0.0364 e. The molecule has 2 nitrogen and oxygen atoms in total. The van der Waals surface area contributed by atoms with E-state index in [1.165, 1.54) is 30.5 Å². The molecule has 0 bridgehead atoms. The summed E-state index contributed by atoms with van der Waals surface area (Å²) in [6.45, 7) is 7.09. The monoisotopic (exact) mass is 260 g/mol. The minimum atomic E-state index is 0.458. The van der Waals surface area contributed by atoms with Gasteiger partial charge in [0.25, 0.3) is 0 Å². The summed E-state index contributed by atoms with van der Waals surface area (Å²) in [6.07, 6.45) is 6.64. The maximum Gasteiger partial charge on any atom is 0.0364 e. The Kier molecular flexibility index (Phi) is 7.27. The molecule has 19 heavy (non-hydrogen) atoms. The minimum Gasteiger partial charge on any atom is -0.378 e. The van der Waals surface area contributed by atoms with E-state index >= 15 is 0 Å². The number of nitrogens with zero attached hydrogens (tertiary/aromatic N) is 1. The van der Waals surface area contributed by atoms with Gasteiger partial charge in [-0.3, -0.25) is 0 Å². The van der Waals surface area contributed by atoms with Crippen LogP contribution in [0.15, 0.2) is 36.9 Å². The summed E-state index contributed by atoms with van der Waals surface area (Å²) in [5, 5.41) is 3.66. The Hall–Kier alpha value is -1.28. The van der Waals surface area contributed by atoms with Crippen molar-refractivity contribution in [2.45, 2.75) is 38.6 Å². The molecule has 0 heterocycles. The molecule has 2 heteroatoms. The fourth-order valence-electron chi connectivity index (χ4n) is 2.19. The van der Waals surface area contributed by atoms with Crippen molar-refractivity contribution >= 4 is 5.69 Å². The summed E-state index contributed by atoms with van der Waals surface area (Å²) in [7, 11) is 4.18. The van der Waals surface area contributed by atoms with Crippen molar-refractivity contribution in [3.63, 3.8) is 0 Å². The number of anilines is 1. The topological polar surface area (TPSA) is 15.3 Å². The first-order valence-electron chi connectivity index (χ1n) is 7.30. The van der Waals surface area contributed by atoms with Crippen LogP contribution in [0.4, 0.5) is 5.69 Å².